The van der Waals surface area contributed by atoms with Crippen LogP contribution in [0.15, 0.2) is 35.2 Å². The summed E-state index contributed by atoms with van der Waals surface area (Å²) in [5, 5.41) is 7.94. The Morgan fingerprint density at radius 2 is 2.00 bits per heavy atom. The second-order valence-electron chi connectivity index (χ2n) is 8.38. The van der Waals surface area contributed by atoms with Crippen molar-refractivity contribution in [1.29, 1.82) is 0 Å². The molecule has 0 radical (unpaired) electrons. The molecule has 11 heteroatoms. The number of rotatable bonds is 5. The highest BCUT2D eigenvalue weighted by Gasteiger charge is 2.23. The Bertz CT molecular complexity index is 1390. The number of hydrogen-bond donors (Lipinski definition) is 1. The van der Waals surface area contributed by atoms with Gasteiger partial charge in [-0.3, -0.25) is 13.5 Å². The van der Waals surface area contributed by atoms with E-state index >= 15 is 0 Å². The van der Waals surface area contributed by atoms with Crippen LogP contribution in [0.3, 0.4) is 0 Å². The predicted octanol–water partition coefficient (Wildman–Crippen LogP) is 4.78. The highest BCUT2D eigenvalue weighted by atomic mass is 35.5. The standard InChI is InChI=1S/C23H25ClN6O3S/c1-13-10-17(28-29(13)3)15-7-8-16(19(11-15)34(31)32)26-18-12-20(24)27-23-22(18)25-14(2)30(23)21-6-4-5-9-33-21/h7-8,10-12,21H,4-6,9H2,1-3H3,(H,26,27)(H,31,32)/p-1. The van der Waals surface area contributed by atoms with Gasteiger partial charge in [0.2, 0.25) is 0 Å². The van der Waals surface area contributed by atoms with Crippen molar-refractivity contribution in [2.75, 3.05) is 11.9 Å². The maximum absolute atomic E-state index is 12.1. The fraction of sp³-hybridized carbons (Fsp3) is 0.348. The largest absolute Gasteiger partial charge is 0.768 e. The molecule has 0 aliphatic carbocycles. The van der Waals surface area contributed by atoms with Crippen LogP contribution in [0, 0.1) is 13.8 Å². The monoisotopic (exact) mass is 499 g/mol. The first-order valence-electron chi connectivity index (χ1n) is 11.0. The SMILES string of the molecule is Cc1cc(-c2ccc(Nc3cc(Cl)nc4c3nc(C)n4C3CCCCO3)c(S(=O)[O-])c2)nn1C. The molecular weight excluding hydrogens is 476 g/mol. The summed E-state index contributed by atoms with van der Waals surface area (Å²) in [5.74, 6) is 0.758. The van der Waals surface area contributed by atoms with Crippen molar-refractivity contribution in [2.24, 2.45) is 7.05 Å². The van der Waals surface area contributed by atoms with Crippen molar-refractivity contribution in [3.63, 3.8) is 0 Å². The molecule has 1 aliphatic rings. The van der Waals surface area contributed by atoms with Crippen LogP contribution >= 0.6 is 11.6 Å². The second kappa shape index (κ2) is 9.10. The molecular formula is C23H24ClN6O3S-. The van der Waals surface area contributed by atoms with E-state index in [-0.39, 0.29) is 16.3 Å². The van der Waals surface area contributed by atoms with E-state index < -0.39 is 11.1 Å². The minimum atomic E-state index is -2.48. The van der Waals surface area contributed by atoms with Gasteiger partial charge in [-0.1, -0.05) is 17.7 Å². The summed E-state index contributed by atoms with van der Waals surface area (Å²) in [5.41, 5.74) is 4.57. The quantitative estimate of drug-likeness (QED) is 0.310. The maximum Gasteiger partial charge on any atom is 0.166 e. The van der Waals surface area contributed by atoms with E-state index in [0.717, 1.165) is 30.8 Å². The summed E-state index contributed by atoms with van der Waals surface area (Å²) in [6, 6.07) is 8.72. The summed E-state index contributed by atoms with van der Waals surface area (Å²) in [4.78, 5) is 9.34. The van der Waals surface area contributed by atoms with Gasteiger partial charge in [-0.2, -0.15) is 5.10 Å². The number of fused-ring (bicyclic) bond motifs is 1. The van der Waals surface area contributed by atoms with E-state index in [1.165, 1.54) is 0 Å². The minimum absolute atomic E-state index is 0.119. The van der Waals surface area contributed by atoms with Gasteiger partial charge in [0.1, 0.15) is 22.7 Å². The Morgan fingerprint density at radius 3 is 2.68 bits per heavy atom. The van der Waals surface area contributed by atoms with Crippen LogP contribution in [0.4, 0.5) is 11.4 Å². The number of halogens is 1. The lowest BCUT2D eigenvalue weighted by Gasteiger charge is -2.25. The maximum atomic E-state index is 12.1. The summed E-state index contributed by atoms with van der Waals surface area (Å²) < 4.78 is 33.9. The summed E-state index contributed by atoms with van der Waals surface area (Å²) in [7, 11) is 1.85. The van der Waals surface area contributed by atoms with Gasteiger partial charge < -0.3 is 14.6 Å². The highest BCUT2D eigenvalue weighted by Crippen LogP contribution is 2.35. The third kappa shape index (κ3) is 4.22. The number of anilines is 2. The molecule has 2 atom stereocenters. The molecule has 1 fully saturated rings. The zero-order valence-corrected chi connectivity index (χ0v) is 20.6. The molecule has 2 unspecified atom stereocenters. The molecule has 0 bridgehead atoms. The van der Waals surface area contributed by atoms with Gasteiger partial charge in [0.05, 0.1) is 17.1 Å². The second-order valence-corrected chi connectivity index (χ2v) is 9.68. The lowest BCUT2D eigenvalue weighted by Crippen LogP contribution is -2.19. The van der Waals surface area contributed by atoms with Crippen LogP contribution in [-0.4, -0.2) is 39.7 Å². The Morgan fingerprint density at radius 1 is 1.18 bits per heavy atom. The lowest BCUT2D eigenvalue weighted by atomic mass is 10.1. The van der Waals surface area contributed by atoms with Crippen LogP contribution in [-0.2, 0) is 22.9 Å². The molecule has 9 nitrogen and oxygen atoms in total. The number of aryl methyl sites for hydroxylation is 3. The number of imidazole rings is 1. The molecule has 4 aromatic rings. The first-order chi connectivity index (χ1) is 16.3. The fourth-order valence-electron chi connectivity index (χ4n) is 4.28. The first-order valence-corrected chi connectivity index (χ1v) is 12.4. The smallest absolute Gasteiger partial charge is 0.166 e. The van der Waals surface area contributed by atoms with E-state index in [2.05, 4.69) is 15.4 Å². The van der Waals surface area contributed by atoms with Gasteiger partial charge in [0.15, 0.2) is 5.65 Å². The Hall–Kier alpha value is -2.79. The minimum Gasteiger partial charge on any atom is -0.768 e. The van der Waals surface area contributed by atoms with Gasteiger partial charge in [-0.15, -0.1) is 0 Å². The van der Waals surface area contributed by atoms with Gasteiger partial charge in [-0.25, -0.2) is 9.97 Å². The topological polar surface area (TPSA) is 110 Å². The number of aromatic nitrogens is 5. The summed E-state index contributed by atoms with van der Waals surface area (Å²) in [6.45, 7) is 4.53. The zero-order chi connectivity index (χ0) is 24.0. The Kier molecular flexibility index (Phi) is 6.15. The number of ether oxygens (including phenoxy) is 1. The predicted molar refractivity (Wildman–Crippen MR) is 130 cm³/mol. The molecule has 0 spiro atoms. The normalized spacial score (nSPS) is 17.3. The first kappa shape index (κ1) is 23.0. The summed E-state index contributed by atoms with van der Waals surface area (Å²) in [6.07, 6.45) is 2.82. The number of hydrogen-bond acceptors (Lipinski definition) is 7. The van der Waals surface area contributed by atoms with Crippen molar-refractivity contribution < 1.29 is 13.5 Å². The molecule has 1 N–H and O–H groups in total. The number of nitrogens with zero attached hydrogens (tertiary/aromatic N) is 5. The van der Waals surface area contributed by atoms with E-state index in [9.17, 15) is 8.76 Å². The molecule has 1 aromatic carbocycles. The van der Waals surface area contributed by atoms with Crippen molar-refractivity contribution in [3.8, 4) is 11.3 Å². The van der Waals surface area contributed by atoms with Gasteiger partial charge in [-0.05, 0) is 62.4 Å². The van der Waals surface area contributed by atoms with E-state index in [1.54, 1.807) is 22.9 Å². The van der Waals surface area contributed by atoms with Crippen molar-refractivity contribution in [1.82, 2.24) is 24.3 Å². The number of nitrogens with one attached hydrogen (secondary N) is 1. The lowest BCUT2D eigenvalue weighted by molar-refractivity contribution is -0.0309. The molecule has 0 amide bonds. The average Bonchev–Trinajstić information content (AvgIpc) is 3.32. The molecule has 3 aromatic heterocycles. The number of benzene rings is 1. The molecule has 1 aliphatic heterocycles. The number of pyridine rings is 1. The molecule has 5 rings (SSSR count). The van der Waals surface area contributed by atoms with Crippen molar-refractivity contribution in [3.05, 3.63) is 47.0 Å². The van der Waals surface area contributed by atoms with Crippen molar-refractivity contribution in [2.45, 2.75) is 44.2 Å². The van der Waals surface area contributed by atoms with Crippen LogP contribution in [0.2, 0.25) is 5.15 Å². The Balaban J connectivity index is 1.57. The molecule has 1 saturated heterocycles. The molecule has 0 saturated carbocycles. The van der Waals surface area contributed by atoms with Gasteiger partial charge >= 0.3 is 0 Å². The molecule has 34 heavy (non-hydrogen) atoms. The van der Waals surface area contributed by atoms with E-state index in [0.29, 0.717) is 40.4 Å². The van der Waals surface area contributed by atoms with Crippen LogP contribution < -0.4 is 5.32 Å². The Labute approximate surface area is 204 Å². The van der Waals surface area contributed by atoms with Crippen LogP contribution in [0.5, 0.6) is 0 Å². The zero-order valence-electron chi connectivity index (χ0n) is 19.0. The highest BCUT2D eigenvalue weighted by molar-refractivity contribution is 7.79. The fourth-order valence-corrected chi connectivity index (χ4v) is 4.99. The van der Waals surface area contributed by atoms with Gasteiger partial charge in [0, 0.05) is 35.9 Å². The summed E-state index contributed by atoms with van der Waals surface area (Å²) >= 11 is 3.89. The third-order valence-corrected chi connectivity index (χ3v) is 6.97. The van der Waals surface area contributed by atoms with E-state index in [4.69, 9.17) is 21.3 Å². The van der Waals surface area contributed by atoms with Crippen LogP contribution in [0.25, 0.3) is 22.4 Å². The van der Waals surface area contributed by atoms with Gasteiger partial charge in [0.25, 0.3) is 0 Å². The van der Waals surface area contributed by atoms with E-state index in [1.807, 2.05) is 37.6 Å². The molecule has 178 valence electrons. The van der Waals surface area contributed by atoms with Crippen LogP contribution in [0.1, 0.15) is 37.0 Å². The average molecular weight is 500 g/mol. The molecule has 4 heterocycles. The van der Waals surface area contributed by atoms with Crippen molar-refractivity contribution >= 4 is 45.2 Å². The third-order valence-electron chi connectivity index (χ3n) is 6.08.